The van der Waals surface area contributed by atoms with Gasteiger partial charge in [0.15, 0.2) is 0 Å². The summed E-state index contributed by atoms with van der Waals surface area (Å²) < 4.78 is 5.73. The van der Waals surface area contributed by atoms with Crippen LogP contribution in [0.3, 0.4) is 0 Å². The molecule has 0 aliphatic carbocycles. The lowest BCUT2D eigenvalue weighted by atomic mass is 9.97. The second-order valence-electron chi connectivity index (χ2n) is 4.72. The molecule has 0 fully saturated rings. The fourth-order valence-corrected chi connectivity index (χ4v) is 2.42. The maximum atomic E-state index is 6.21. The summed E-state index contributed by atoms with van der Waals surface area (Å²) in [5.41, 5.74) is 9.77. The summed E-state index contributed by atoms with van der Waals surface area (Å²) in [5, 5.41) is 0. The molecule has 1 heterocycles. The third-order valence-corrected chi connectivity index (χ3v) is 3.43. The number of benzene rings is 2. The van der Waals surface area contributed by atoms with Crippen LogP contribution in [0.1, 0.15) is 24.4 Å². The van der Waals surface area contributed by atoms with Crippen LogP contribution in [0.2, 0.25) is 0 Å². The Morgan fingerprint density at radius 2 is 1.83 bits per heavy atom. The predicted octanol–water partition coefficient (Wildman–Crippen LogP) is 3.53. The van der Waals surface area contributed by atoms with Crippen LogP contribution in [0.4, 0.5) is 0 Å². The minimum Gasteiger partial charge on any atom is -0.493 e. The topological polar surface area (TPSA) is 35.2 Å². The summed E-state index contributed by atoms with van der Waals surface area (Å²) in [5.74, 6) is 0.944. The fourth-order valence-electron chi connectivity index (χ4n) is 2.42. The molecule has 2 aromatic rings. The zero-order chi connectivity index (χ0) is 12.4. The van der Waals surface area contributed by atoms with Gasteiger partial charge in [0.05, 0.1) is 6.61 Å². The Kier molecular flexibility index (Phi) is 3.03. The molecule has 2 N–H and O–H groups in total. The van der Waals surface area contributed by atoms with Crippen LogP contribution < -0.4 is 10.5 Å². The van der Waals surface area contributed by atoms with Gasteiger partial charge >= 0.3 is 0 Å². The SMILES string of the molecule is N[C@H]1CCCOc2ccc(-c3ccccc3)cc21. The van der Waals surface area contributed by atoms with Crippen LogP contribution in [0.25, 0.3) is 11.1 Å². The molecule has 3 rings (SSSR count). The second-order valence-corrected chi connectivity index (χ2v) is 4.72. The molecule has 0 saturated carbocycles. The molecule has 0 spiro atoms. The molecule has 0 bridgehead atoms. The Balaban J connectivity index is 2.04. The number of ether oxygens (including phenoxy) is 1. The largest absolute Gasteiger partial charge is 0.493 e. The average molecular weight is 239 g/mol. The van der Waals surface area contributed by atoms with E-state index in [9.17, 15) is 0 Å². The Bertz CT molecular complexity index is 536. The molecule has 1 atom stereocenters. The highest BCUT2D eigenvalue weighted by Crippen LogP contribution is 2.33. The molecule has 2 aromatic carbocycles. The summed E-state index contributed by atoms with van der Waals surface area (Å²) in [6, 6.07) is 16.8. The van der Waals surface area contributed by atoms with Crippen LogP contribution in [-0.2, 0) is 0 Å². The van der Waals surface area contributed by atoms with Crippen molar-refractivity contribution in [3.63, 3.8) is 0 Å². The number of fused-ring (bicyclic) bond motifs is 1. The number of nitrogens with two attached hydrogens (primary N) is 1. The van der Waals surface area contributed by atoms with E-state index in [1.54, 1.807) is 0 Å². The molecule has 1 aliphatic rings. The van der Waals surface area contributed by atoms with Gasteiger partial charge in [-0.2, -0.15) is 0 Å². The molecule has 2 nitrogen and oxygen atoms in total. The van der Waals surface area contributed by atoms with E-state index in [2.05, 4.69) is 36.4 Å². The maximum Gasteiger partial charge on any atom is 0.124 e. The van der Waals surface area contributed by atoms with Crippen molar-refractivity contribution in [2.24, 2.45) is 5.73 Å². The van der Waals surface area contributed by atoms with Gasteiger partial charge in [0.2, 0.25) is 0 Å². The highest BCUT2D eigenvalue weighted by molar-refractivity contribution is 5.66. The normalized spacial score (nSPS) is 18.6. The van der Waals surface area contributed by atoms with Gasteiger partial charge in [-0.25, -0.2) is 0 Å². The molecular formula is C16H17NO. The van der Waals surface area contributed by atoms with E-state index >= 15 is 0 Å². The van der Waals surface area contributed by atoms with Crippen molar-refractivity contribution in [2.45, 2.75) is 18.9 Å². The molecule has 0 unspecified atom stereocenters. The van der Waals surface area contributed by atoms with Crippen molar-refractivity contribution in [1.29, 1.82) is 0 Å². The zero-order valence-electron chi connectivity index (χ0n) is 10.3. The molecular weight excluding hydrogens is 222 g/mol. The molecule has 1 aliphatic heterocycles. The molecule has 2 heteroatoms. The zero-order valence-corrected chi connectivity index (χ0v) is 10.3. The highest BCUT2D eigenvalue weighted by atomic mass is 16.5. The lowest BCUT2D eigenvalue weighted by Gasteiger charge is -2.13. The lowest BCUT2D eigenvalue weighted by molar-refractivity contribution is 0.316. The maximum absolute atomic E-state index is 6.21. The van der Waals surface area contributed by atoms with Crippen LogP contribution in [-0.4, -0.2) is 6.61 Å². The van der Waals surface area contributed by atoms with Gasteiger partial charge in [-0.1, -0.05) is 36.4 Å². The van der Waals surface area contributed by atoms with Crippen molar-refractivity contribution >= 4 is 0 Å². The van der Waals surface area contributed by atoms with Gasteiger partial charge in [-0.05, 0) is 36.1 Å². The van der Waals surface area contributed by atoms with E-state index in [0.717, 1.165) is 30.8 Å². The Morgan fingerprint density at radius 1 is 1.00 bits per heavy atom. The number of hydrogen-bond donors (Lipinski definition) is 1. The van der Waals surface area contributed by atoms with E-state index < -0.39 is 0 Å². The van der Waals surface area contributed by atoms with Crippen molar-refractivity contribution in [3.05, 3.63) is 54.1 Å². The first kappa shape index (κ1) is 11.3. The summed E-state index contributed by atoms with van der Waals surface area (Å²) in [4.78, 5) is 0. The molecule has 0 amide bonds. The summed E-state index contributed by atoms with van der Waals surface area (Å²) in [6.07, 6.45) is 2.02. The van der Waals surface area contributed by atoms with Crippen molar-refractivity contribution < 1.29 is 4.74 Å². The number of rotatable bonds is 1. The van der Waals surface area contributed by atoms with Crippen molar-refractivity contribution in [1.82, 2.24) is 0 Å². The van der Waals surface area contributed by atoms with Crippen LogP contribution >= 0.6 is 0 Å². The highest BCUT2D eigenvalue weighted by Gasteiger charge is 2.16. The van der Waals surface area contributed by atoms with Crippen LogP contribution in [0.15, 0.2) is 48.5 Å². The van der Waals surface area contributed by atoms with Gasteiger partial charge in [-0.3, -0.25) is 0 Å². The fraction of sp³-hybridized carbons (Fsp3) is 0.250. The van der Waals surface area contributed by atoms with E-state index in [0.29, 0.717) is 0 Å². The Hall–Kier alpha value is -1.80. The van der Waals surface area contributed by atoms with Crippen molar-refractivity contribution in [2.75, 3.05) is 6.61 Å². The predicted molar refractivity (Wildman–Crippen MR) is 73.5 cm³/mol. The number of hydrogen-bond acceptors (Lipinski definition) is 2. The molecule has 18 heavy (non-hydrogen) atoms. The lowest BCUT2D eigenvalue weighted by Crippen LogP contribution is -2.09. The van der Waals surface area contributed by atoms with Gasteiger partial charge < -0.3 is 10.5 Å². The summed E-state index contributed by atoms with van der Waals surface area (Å²) in [6.45, 7) is 0.769. The first-order chi connectivity index (χ1) is 8.84. The van der Waals surface area contributed by atoms with Crippen molar-refractivity contribution in [3.8, 4) is 16.9 Å². The standard InChI is InChI=1S/C16H17NO/c17-15-7-4-10-18-16-9-8-13(11-14(15)16)12-5-2-1-3-6-12/h1-3,5-6,8-9,11,15H,4,7,10,17H2/t15-/m0/s1. The molecule has 92 valence electrons. The van der Waals surface area contributed by atoms with E-state index in [4.69, 9.17) is 10.5 Å². The summed E-state index contributed by atoms with van der Waals surface area (Å²) >= 11 is 0. The molecule has 0 saturated heterocycles. The first-order valence-corrected chi connectivity index (χ1v) is 6.42. The minimum atomic E-state index is 0.0890. The monoisotopic (exact) mass is 239 g/mol. The van der Waals surface area contributed by atoms with Gasteiger partial charge in [-0.15, -0.1) is 0 Å². The smallest absolute Gasteiger partial charge is 0.124 e. The van der Waals surface area contributed by atoms with Gasteiger partial charge in [0.1, 0.15) is 5.75 Å². The van der Waals surface area contributed by atoms with Crippen LogP contribution in [0.5, 0.6) is 5.75 Å². The first-order valence-electron chi connectivity index (χ1n) is 6.42. The third kappa shape index (κ3) is 2.12. The van der Waals surface area contributed by atoms with Gasteiger partial charge in [0.25, 0.3) is 0 Å². The minimum absolute atomic E-state index is 0.0890. The van der Waals surface area contributed by atoms with Crippen LogP contribution in [0, 0.1) is 0 Å². The van der Waals surface area contributed by atoms with E-state index in [1.165, 1.54) is 11.1 Å². The molecule has 0 aromatic heterocycles. The summed E-state index contributed by atoms with van der Waals surface area (Å²) in [7, 11) is 0. The Morgan fingerprint density at radius 3 is 2.67 bits per heavy atom. The quantitative estimate of drug-likeness (QED) is 0.826. The Labute approximate surface area is 107 Å². The van der Waals surface area contributed by atoms with E-state index in [-0.39, 0.29) is 6.04 Å². The third-order valence-electron chi connectivity index (χ3n) is 3.43. The van der Waals surface area contributed by atoms with E-state index in [1.807, 2.05) is 12.1 Å². The second kappa shape index (κ2) is 4.83. The molecule has 0 radical (unpaired) electrons. The van der Waals surface area contributed by atoms with Gasteiger partial charge in [0, 0.05) is 11.6 Å². The average Bonchev–Trinajstić information content (AvgIpc) is 2.62.